The summed E-state index contributed by atoms with van der Waals surface area (Å²) in [5, 5.41) is 0. The van der Waals surface area contributed by atoms with E-state index in [2.05, 4.69) is 30.7 Å². The second-order valence-corrected chi connectivity index (χ2v) is 6.76. The van der Waals surface area contributed by atoms with Crippen molar-refractivity contribution in [2.75, 3.05) is 39.8 Å². The van der Waals surface area contributed by atoms with Crippen molar-refractivity contribution in [2.24, 2.45) is 5.92 Å². The van der Waals surface area contributed by atoms with Gasteiger partial charge in [0, 0.05) is 12.6 Å². The molecule has 1 aliphatic carbocycles. The normalized spacial score (nSPS) is 28.8. The lowest BCUT2D eigenvalue weighted by Crippen LogP contribution is -2.46. The van der Waals surface area contributed by atoms with Crippen LogP contribution in [-0.4, -0.2) is 61.8 Å². The van der Waals surface area contributed by atoms with Gasteiger partial charge in [-0.2, -0.15) is 0 Å². The molecule has 3 heteroatoms. The van der Waals surface area contributed by atoms with Crippen molar-refractivity contribution in [3.63, 3.8) is 0 Å². The lowest BCUT2D eigenvalue weighted by atomic mass is 9.88. The van der Waals surface area contributed by atoms with Crippen LogP contribution in [0.3, 0.4) is 0 Å². The Labute approximate surface area is 125 Å². The van der Waals surface area contributed by atoms with E-state index >= 15 is 0 Å². The van der Waals surface area contributed by atoms with E-state index in [1.807, 2.05) is 0 Å². The standard InChI is InChI=1S/C17H34N2O/c1-4-9-18(3)16-13-17(14-16)20-12-8-15-6-10-19(5-2)11-7-15/h15-17H,4-14H2,1-3H3/t16-,17-. The average molecular weight is 282 g/mol. The van der Waals surface area contributed by atoms with Crippen LogP contribution in [0.25, 0.3) is 0 Å². The molecular weight excluding hydrogens is 248 g/mol. The largest absolute Gasteiger partial charge is 0.378 e. The van der Waals surface area contributed by atoms with Gasteiger partial charge in [-0.1, -0.05) is 13.8 Å². The Balaban J connectivity index is 1.49. The van der Waals surface area contributed by atoms with Crippen LogP contribution in [0.2, 0.25) is 0 Å². The van der Waals surface area contributed by atoms with Gasteiger partial charge in [0.15, 0.2) is 0 Å². The van der Waals surface area contributed by atoms with E-state index in [-0.39, 0.29) is 0 Å². The van der Waals surface area contributed by atoms with Gasteiger partial charge in [0.25, 0.3) is 0 Å². The quantitative estimate of drug-likeness (QED) is 0.680. The van der Waals surface area contributed by atoms with Gasteiger partial charge in [-0.3, -0.25) is 0 Å². The zero-order valence-corrected chi connectivity index (χ0v) is 13.8. The molecule has 3 nitrogen and oxygen atoms in total. The Morgan fingerprint density at radius 3 is 2.45 bits per heavy atom. The van der Waals surface area contributed by atoms with E-state index in [4.69, 9.17) is 4.74 Å². The highest BCUT2D eigenvalue weighted by atomic mass is 16.5. The summed E-state index contributed by atoms with van der Waals surface area (Å²) in [6.07, 6.45) is 8.36. The predicted molar refractivity (Wildman–Crippen MR) is 85.1 cm³/mol. The molecule has 2 rings (SSSR count). The molecule has 0 unspecified atom stereocenters. The minimum Gasteiger partial charge on any atom is -0.378 e. The molecule has 1 saturated heterocycles. The number of likely N-dealkylation sites (tertiary alicyclic amines) is 1. The van der Waals surface area contributed by atoms with Crippen molar-refractivity contribution in [3.05, 3.63) is 0 Å². The summed E-state index contributed by atoms with van der Waals surface area (Å²) in [5.74, 6) is 0.913. The van der Waals surface area contributed by atoms with Crippen molar-refractivity contribution < 1.29 is 4.74 Å². The zero-order valence-electron chi connectivity index (χ0n) is 13.8. The molecule has 0 spiro atoms. The first-order valence-corrected chi connectivity index (χ1v) is 8.77. The molecule has 1 aliphatic heterocycles. The van der Waals surface area contributed by atoms with Gasteiger partial charge >= 0.3 is 0 Å². The topological polar surface area (TPSA) is 15.7 Å². The summed E-state index contributed by atoms with van der Waals surface area (Å²) >= 11 is 0. The Kier molecular flexibility index (Phi) is 6.79. The van der Waals surface area contributed by atoms with Crippen molar-refractivity contribution in [2.45, 2.75) is 64.5 Å². The summed E-state index contributed by atoms with van der Waals surface area (Å²) in [6.45, 7) is 10.6. The minimum atomic E-state index is 0.551. The van der Waals surface area contributed by atoms with Crippen LogP contribution in [0.5, 0.6) is 0 Å². The Hall–Kier alpha value is -0.120. The monoisotopic (exact) mass is 282 g/mol. The highest BCUT2D eigenvalue weighted by Gasteiger charge is 2.32. The Morgan fingerprint density at radius 2 is 1.85 bits per heavy atom. The van der Waals surface area contributed by atoms with Gasteiger partial charge < -0.3 is 14.5 Å². The fourth-order valence-electron chi connectivity index (χ4n) is 3.56. The number of nitrogens with zero attached hydrogens (tertiary/aromatic N) is 2. The van der Waals surface area contributed by atoms with Gasteiger partial charge in [-0.25, -0.2) is 0 Å². The molecule has 0 atom stereocenters. The van der Waals surface area contributed by atoms with E-state index < -0.39 is 0 Å². The van der Waals surface area contributed by atoms with Crippen LogP contribution in [0.4, 0.5) is 0 Å². The third-order valence-corrected chi connectivity index (χ3v) is 5.30. The third kappa shape index (κ3) is 4.71. The molecule has 0 radical (unpaired) electrons. The van der Waals surface area contributed by atoms with E-state index in [9.17, 15) is 0 Å². The number of hydrogen-bond acceptors (Lipinski definition) is 3. The van der Waals surface area contributed by atoms with E-state index in [1.165, 1.54) is 64.7 Å². The summed E-state index contributed by atoms with van der Waals surface area (Å²) in [4.78, 5) is 5.07. The molecule has 118 valence electrons. The number of piperidine rings is 1. The van der Waals surface area contributed by atoms with Crippen LogP contribution < -0.4 is 0 Å². The fraction of sp³-hybridized carbons (Fsp3) is 1.00. The van der Waals surface area contributed by atoms with E-state index in [0.717, 1.165) is 18.6 Å². The molecular formula is C17H34N2O. The molecule has 0 aromatic heterocycles. The van der Waals surface area contributed by atoms with Crippen LogP contribution in [0, 0.1) is 5.92 Å². The van der Waals surface area contributed by atoms with E-state index in [1.54, 1.807) is 0 Å². The molecule has 2 aliphatic rings. The van der Waals surface area contributed by atoms with Crippen molar-refractivity contribution in [1.82, 2.24) is 9.80 Å². The van der Waals surface area contributed by atoms with Gasteiger partial charge in [0.05, 0.1) is 6.10 Å². The maximum absolute atomic E-state index is 6.05. The summed E-state index contributed by atoms with van der Waals surface area (Å²) in [7, 11) is 2.26. The highest BCUT2D eigenvalue weighted by Crippen LogP contribution is 2.28. The molecule has 0 aromatic carbocycles. The zero-order chi connectivity index (χ0) is 14.4. The second-order valence-electron chi connectivity index (χ2n) is 6.76. The first kappa shape index (κ1) is 16.3. The molecule has 20 heavy (non-hydrogen) atoms. The molecule has 1 saturated carbocycles. The lowest BCUT2D eigenvalue weighted by molar-refractivity contribution is -0.0502. The van der Waals surface area contributed by atoms with E-state index in [0.29, 0.717) is 6.10 Å². The molecule has 0 amide bonds. The maximum Gasteiger partial charge on any atom is 0.0605 e. The van der Waals surface area contributed by atoms with Crippen LogP contribution in [0.15, 0.2) is 0 Å². The number of ether oxygens (including phenoxy) is 1. The highest BCUT2D eigenvalue weighted by molar-refractivity contribution is 4.87. The molecule has 0 aromatic rings. The molecule has 2 fully saturated rings. The van der Waals surface area contributed by atoms with Gasteiger partial charge in [0.1, 0.15) is 0 Å². The van der Waals surface area contributed by atoms with Crippen molar-refractivity contribution in [1.29, 1.82) is 0 Å². The number of rotatable bonds is 8. The average Bonchev–Trinajstić information content (AvgIpc) is 2.42. The van der Waals surface area contributed by atoms with Crippen LogP contribution in [-0.2, 0) is 4.74 Å². The molecule has 1 heterocycles. The molecule has 0 bridgehead atoms. The molecule has 0 N–H and O–H groups in total. The summed E-state index contributed by atoms with van der Waals surface area (Å²) in [5.41, 5.74) is 0. The number of hydrogen-bond donors (Lipinski definition) is 0. The lowest BCUT2D eigenvalue weighted by Gasteiger charge is -2.41. The second kappa shape index (κ2) is 8.35. The summed E-state index contributed by atoms with van der Waals surface area (Å²) < 4.78 is 6.05. The Morgan fingerprint density at radius 1 is 1.15 bits per heavy atom. The smallest absolute Gasteiger partial charge is 0.0605 e. The van der Waals surface area contributed by atoms with Crippen LogP contribution in [0.1, 0.15) is 52.4 Å². The predicted octanol–water partition coefficient (Wildman–Crippen LogP) is 3.00. The summed E-state index contributed by atoms with van der Waals surface area (Å²) in [6, 6.07) is 0.785. The van der Waals surface area contributed by atoms with Crippen molar-refractivity contribution in [3.8, 4) is 0 Å². The van der Waals surface area contributed by atoms with Crippen LogP contribution >= 0.6 is 0 Å². The van der Waals surface area contributed by atoms with Gasteiger partial charge in [-0.15, -0.1) is 0 Å². The first-order valence-electron chi connectivity index (χ1n) is 8.77. The fourth-order valence-corrected chi connectivity index (χ4v) is 3.56. The van der Waals surface area contributed by atoms with Gasteiger partial charge in [-0.05, 0) is 77.7 Å². The van der Waals surface area contributed by atoms with Gasteiger partial charge in [0.2, 0.25) is 0 Å². The van der Waals surface area contributed by atoms with Crippen molar-refractivity contribution >= 4 is 0 Å². The Bertz CT molecular complexity index is 258. The minimum absolute atomic E-state index is 0.551. The maximum atomic E-state index is 6.05. The third-order valence-electron chi connectivity index (χ3n) is 5.30. The SMILES string of the molecule is CCCN(C)[C@H]1C[C@H](OCCC2CCN(CC)CC2)C1. The first-order chi connectivity index (χ1) is 9.72.